The number of nitrogens with zero attached hydrogens (tertiary/aromatic N) is 1. The number of hydrogen-bond donors (Lipinski definition) is 0. The van der Waals surface area contributed by atoms with Crippen LogP contribution in [0.15, 0.2) is 48.6 Å². The molecule has 0 spiro atoms. The van der Waals surface area contributed by atoms with Gasteiger partial charge < -0.3 is 0 Å². The van der Waals surface area contributed by atoms with E-state index in [1.165, 1.54) is 62.1 Å². The minimum atomic E-state index is 0.684. The van der Waals surface area contributed by atoms with Gasteiger partial charge in [0.1, 0.15) is 0 Å². The highest BCUT2D eigenvalue weighted by atomic mass is 14.3. The van der Waals surface area contributed by atoms with E-state index in [1.54, 1.807) is 0 Å². The Kier molecular flexibility index (Phi) is 6.97. The third kappa shape index (κ3) is 5.19. The van der Waals surface area contributed by atoms with Gasteiger partial charge in [-0.05, 0) is 61.5 Å². The number of nitriles is 1. The lowest BCUT2D eigenvalue weighted by Gasteiger charge is -2.27. The maximum absolute atomic E-state index is 8.46. The maximum atomic E-state index is 8.46. The molecule has 0 heterocycles. The standard InChI is InChI=1S/C21H27N/c1-2-3-7-18-9-13-20(14-10-18)21-15-11-19(12-16-21)8-5-4-6-17-22/h4-6,8-10,13-14,19,21H,2-3,7,11-12,15-16H2,1H3/t19-,21-. The van der Waals surface area contributed by atoms with E-state index in [2.05, 4.69) is 37.3 Å². The van der Waals surface area contributed by atoms with E-state index >= 15 is 0 Å². The molecule has 0 aromatic heterocycles. The summed E-state index contributed by atoms with van der Waals surface area (Å²) in [6.07, 6.45) is 16.5. The quantitative estimate of drug-likeness (QED) is 0.470. The van der Waals surface area contributed by atoms with Gasteiger partial charge in [0, 0.05) is 6.08 Å². The highest BCUT2D eigenvalue weighted by Crippen LogP contribution is 2.36. The summed E-state index contributed by atoms with van der Waals surface area (Å²) in [5, 5.41) is 8.46. The molecule has 1 aliphatic rings. The first kappa shape index (κ1) is 16.6. The van der Waals surface area contributed by atoms with Gasteiger partial charge in [0.2, 0.25) is 0 Å². The smallest absolute Gasteiger partial charge is 0.0912 e. The molecule has 0 saturated heterocycles. The first-order chi connectivity index (χ1) is 10.8. The van der Waals surface area contributed by atoms with E-state index in [9.17, 15) is 0 Å². The molecule has 1 fully saturated rings. The fourth-order valence-electron chi connectivity index (χ4n) is 3.30. The third-order valence-corrected chi connectivity index (χ3v) is 4.71. The SMILES string of the molecule is CCCCc1ccc([C@H]2CC[C@H](C=CC=CC#N)CC2)cc1. The molecule has 1 heteroatoms. The normalized spacial score (nSPS) is 22.2. The van der Waals surface area contributed by atoms with Crippen molar-refractivity contribution in [1.82, 2.24) is 0 Å². The molecule has 0 radical (unpaired) electrons. The van der Waals surface area contributed by atoms with E-state index < -0.39 is 0 Å². The van der Waals surface area contributed by atoms with Crippen molar-refractivity contribution in [3.63, 3.8) is 0 Å². The molecule has 1 aromatic carbocycles. The number of allylic oxidation sites excluding steroid dienone is 4. The molecule has 1 aliphatic carbocycles. The number of unbranched alkanes of at least 4 members (excludes halogenated alkanes) is 1. The summed E-state index contributed by atoms with van der Waals surface area (Å²) in [5.41, 5.74) is 3.00. The van der Waals surface area contributed by atoms with Crippen LogP contribution in [0.5, 0.6) is 0 Å². The fraction of sp³-hybridized carbons (Fsp3) is 0.476. The van der Waals surface area contributed by atoms with Crippen LogP contribution in [0.1, 0.15) is 62.5 Å². The topological polar surface area (TPSA) is 23.8 Å². The van der Waals surface area contributed by atoms with E-state index in [0.717, 1.165) is 5.92 Å². The summed E-state index contributed by atoms with van der Waals surface area (Å²) in [6, 6.07) is 11.4. The van der Waals surface area contributed by atoms with Crippen molar-refractivity contribution in [1.29, 1.82) is 5.26 Å². The van der Waals surface area contributed by atoms with Crippen molar-refractivity contribution >= 4 is 0 Å². The second kappa shape index (κ2) is 9.26. The molecule has 0 N–H and O–H groups in total. The predicted molar refractivity (Wildman–Crippen MR) is 93.6 cm³/mol. The second-order valence-corrected chi connectivity index (χ2v) is 6.33. The van der Waals surface area contributed by atoms with E-state index in [1.807, 2.05) is 18.2 Å². The first-order valence-electron chi connectivity index (χ1n) is 8.65. The Morgan fingerprint density at radius 3 is 2.45 bits per heavy atom. The molecule has 1 nitrogen and oxygen atoms in total. The van der Waals surface area contributed by atoms with Crippen molar-refractivity contribution in [2.45, 2.75) is 57.8 Å². The van der Waals surface area contributed by atoms with Gasteiger partial charge in [-0.3, -0.25) is 0 Å². The van der Waals surface area contributed by atoms with Gasteiger partial charge in [0.05, 0.1) is 6.07 Å². The van der Waals surface area contributed by atoms with Crippen LogP contribution in [-0.2, 0) is 6.42 Å². The zero-order valence-electron chi connectivity index (χ0n) is 13.7. The third-order valence-electron chi connectivity index (χ3n) is 4.71. The lowest BCUT2D eigenvalue weighted by Crippen LogP contribution is -2.11. The van der Waals surface area contributed by atoms with Crippen molar-refractivity contribution in [3.8, 4) is 6.07 Å². The van der Waals surface area contributed by atoms with Gasteiger partial charge >= 0.3 is 0 Å². The summed E-state index contributed by atoms with van der Waals surface area (Å²) in [6.45, 7) is 2.25. The highest BCUT2D eigenvalue weighted by molar-refractivity contribution is 5.26. The van der Waals surface area contributed by atoms with Gasteiger partial charge in [-0.25, -0.2) is 0 Å². The Balaban J connectivity index is 1.82. The van der Waals surface area contributed by atoms with E-state index in [0.29, 0.717) is 5.92 Å². The molecule has 2 rings (SSSR count). The average molecular weight is 293 g/mol. The Morgan fingerprint density at radius 2 is 1.82 bits per heavy atom. The Bertz CT molecular complexity index is 522. The molecule has 1 saturated carbocycles. The van der Waals surface area contributed by atoms with Crippen LogP contribution in [0.25, 0.3) is 0 Å². The van der Waals surface area contributed by atoms with Crippen LogP contribution in [0.2, 0.25) is 0 Å². The van der Waals surface area contributed by atoms with Crippen LogP contribution >= 0.6 is 0 Å². The lowest BCUT2D eigenvalue weighted by atomic mass is 9.78. The predicted octanol–water partition coefficient (Wildman–Crippen LogP) is 5.94. The van der Waals surface area contributed by atoms with Gasteiger partial charge in [-0.15, -0.1) is 0 Å². The fourth-order valence-corrected chi connectivity index (χ4v) is 3.30. The summed E-state index contributed by atoms with van der Waals surface area (Å²) >= 11 is 0. The zero-order valence-corrected chi connectivity index (χ0v) is 13.7. The largest absolute Gasteiger partial charge is 0.193 e. The van der Waals surface area contributed by atoms with Crippen molar-refractivity contribution in [2.24, 2.45) is 5.92 Å². The molecule has 22 heavy (non-hydrogen) atoms. The van der Waals surface area contributed by atoms with Gasteiger partial charge in [0.15, 0.2) is 0 Å². The van der Waals surface area contributed by atoms with Gasteiger partial charge in [-0.2, -0.15) is 5.26 Å². The van der Waals surface area contributed by atoms with Crippen molar-refractivity contribution < 1.29 is 0 Å². The van der Waals surface area contributed by atoms with Crippen molar-refractivity contribution in [3.05, 3.63) is 59.7 Å². The molecule has 0 aliphatic heterocycles. The number of aryl methyl sites for hydroxylation is 1. The van der Waals surface area contributed by atoms with Crippen LogP contribution < -0.4 is 0 Å². The molecule has 0 unspecified atom stereocenters. The monoisotopic (exact) mass is 293 g/mol. The molecule has 116 valence electrons. The lowest BCUT2D eigenvalue weighted by molar-refractivity contribution is 0.376. The Hall–Kier alpha value is -1.81. The molecule has 0 bridgehead atoms. The second-order valence-electron chi connectivity index (χ2n) is 6.33. The van der Waals surface area contributed by atoms with Crippen molar-refractivity contribution in [2.75, 3.05) is 0 Å². The minimum Gasteiger partial charge on any atom is -0.193 e. The molecular formula is C21H27N. The average Bonchev–Trinajstić information content (AvgIpc) is 2.58. The van der Waals surface area contributed by atoms with Crippen LogP contribution in [0, 0.1) is 17.2 Å². The number of benzene rings is 1. The summed E-state index contributed by atoms with van der Waals surface area (Å²) in [4.78, 5) is 0. The number of rotatable bonds is 6. The molecule has 0 atom stereocenters. The Labute approximate surface area is 135 Å². The molecule has 1 aromatic rings. The van der Waals surface area contributed by atoms with E-state index in [4.69, 9.17) is 5.26 Å². The van der Waals surface area contributed by atoms with Gasteiger partial charge in [-0.1, -0.05) is 55.8 Å². The summed E-state index contributed by atoms with van der Waals surface area (Å²) in [5.74, 6) is 1.42. The highest BCUT2D eigenvalue weighted by Gasteiger charge is 2.20. The first-order valence-corrected chi connectivity index (χ1v) is 8.65. The van der Waals surface area contributed by atoms with E-state index in [-0.39, 0.29) is 0 Å². The minimum absolute atomic E-state index is 0.684. The Morgan fingerprint density at radius 1 is 1.09 bits per heavy atom. The molecular weight excluding hydrogens is 266 g/mol. The summed E-state index contributed by atoms with van der Waals surface area (Å²) in [7, 11) is 0. The zero-order chi connectivity index (χ0) is 15.6. The summed E-state index contributed by atoms with van der Waals surface area (Å²) < 4.78 is 0. The molecule has 0 amide bonds. The van der Waals surface area contributed by atoms with Crippen LogP contribution in [0.4, 0.5) is 0 Å². The van der Waals surface area contributed by atoms with Crippen LogP contribution in [0.3, 0.4) is 0 Å². The number of hydrogen-bond acceptors (Lipinski definition) is 1. The van der Waals surface area contributed by atoms with Crippen LogP contribution in [-0.4, -0.2) is 0 Å². The maximum Gasteiger partial charge on any atom is 0.0912 e. The van der Waals surface area contributed by atoms with Gasteiger partial charge in [0.25, 0.3) is 0 Å².